The second-order valence-electron chi connectivity index (χ2n) is 7.09. The normalized spacial score (nSPS) is 11.6. The van der Waals surface area contributed by atoms with Gasteiger partial charge in [0.15, 0.2) is 0 Å². The van der Waals surface area contributed by atoms with Gasteiger partial charge in [0.1, 0.15) is 18.4 Å². The summed E-state index contributed by atoms with van der Waals surface area (Å²) in [7, 11) is 1.28. The quantitative estimate of drug-likeness (QED) is 0.397. The average molecular weight is 435 g/mol. The molecule has 0 heterocycles. The van der Waals surface area contributed by atoms with Crippen molar-refractivity contribution in [2.24, 2.45) is 0 Å². The van der Waals surface area contributed by atoms with Gasteiger partial charge in [0.2, 0.25) is 0 Å². The van der Waals surface area contributed by atoms with E-state index in [4.69, 9.17) is 14.3 Å². The Hall–Kier alpha value is -3.84. The van der Waals surface area contributed by atoms with Crippen LogP contribution in [0.3, 0.4) is 0 Å². The lowest BCUT2D eigenvalue weighted by molar-refractivity contribution is -0.185. The Balaban J connectivity index is 1.78. The zero-order valence-electron chi connectivity index (χ0n) is 17.7. The molecule has 7 nitrogen and oxygen atoms in total. The first-order valence-electron chi connectivity index (χ1n) is 10.1. The molecule has 32 heavy (non-hydrogen) atoms. The van der Waals surface area contributed by atoms with E-state index in [-0.39, 0.29) is 25.3 Å². The summed E-state index contributed by atoms with van der Waals surface area (Å²) in [6.07, 6.45) is -0.726. The van der Waals surface area contributed by atoms with E-state index >= 15 is 0 Å². The molecule has 0 aliphatic rings. The highest BCUT2D eigenvalue weighted by molar-refractivity contribution is 5.76. The zero-order valence-corrected chi connectivity index (χ0v) is 17.7. The lowest BCUT2D eigenvalue weighted by Gasteiger charge is -2.28. The second-order valence-corrected chi connectivity index (χ2v) is 7.09. The Kier molecular flexibility index (Phi) is 8.22. The SMILES string of the molecule is COC(=O)[C@H](Cc1ccc(O)cc1)N(Cc1ccccc1)OC(=O)OCc1ccccc1. The highest BCUT2D eigenvalue weighted by Crippen LogP contribution is 2.18. The number of hydroxylamine groups is 2. The maximum absolute atomic E-state index is 12.6. The van der Waals surface area contributed by atoms with Crippen LogP contribution in [0, 0.1) is 0 Å². The number of hydrogen-bond donors (Lipinski definition) is 1. The molecule has 0 radical (unpaired) electrons. The van der Waals surface area contributed by atoms with E-state index in [1.54, 1.807) is 12.1 Å². The average Bonchev–Trinajstić information content (AvgIpc) is 2.83. The summed E-state index contributed by atoms with van der Waals surface area (Å²) in [6.45, 7) is 0.193. The third kappa shape index (κ3) is 6.85. The first-order valence-corrected chi connectivity index (χ1v) is 10.1. The predicted molar refractivity (Wildman–Crippen MR) is 117 cm³/mol. The fourth-order valence-corrected chi connectivity index (χ4v) is 3.10. The van der Waals surface area contributed by atoms with Gasteiger partial charge in [0.05, 0.1) is 13.7 Å². The minimum absolute atomic E-state index is 0.0414. The van der Waals surface area contributed by atoms with Crippen molar-refractivity contribution >= 4 is 12.1 Å². The molecule has 0 amide bonds. The highest BCUT2D eigenvalue weighted by Gasteiger charge is 2.31. The number of hydrogen-bond acceptors (Lipinski definition) is 7. The van der Waals surface area contributed by atoms with E-state index in [1.165, 1.54) is 24.3 Å². The Morgan fingerprint density at radius 2 is 1.44 bits per heavy atom. The van der Waals surface area contributed by atoms with Crippen LogP contribution in [0.25, 0.3) is 0 Å². The number of methoxy groups -OCH3 is 1. The van der Waals surface area contributed by atoms with Crippen molar-refractivity contribution < 1.29 is 29.0 Å². The number of aromatic hydroxyl groups is 1. The molecule has 3 aromatic rings. The third-order valence-corrected chi connectivity index (χ3v) is 4.76. The molecule has 1 N–H and O–H groups in total. The first kappa shape index (κ1) is 22.8. The van der Waals surface area contributed by atoms with E-state index in [0.29, 0.717) is 0 Å². The highest BCUT2D eigenvalue weighted by atomic mass is 16.8. The van der Waals surface area contributed by atoms with E-state index in [1.807, 2.05) is 60.7 Å². The van der Waals surface area contributed by atoms with Crippen LogP contribution < -0.4 is 0 Å². The molecule has 0 aliphatic heterocycles. The van der Waals surface area contributed by atoms with Crippen LogP contribution in [0.15, 0.2) is 84.9 Å². The Morgan fingerprint density at radius 1 is 0.844 bits per heavy atom. The van der Waals surface area contributed by atoms with Gasteiger partial charge in [0, 0.05) is 6.42 Å². The van der Waals surface area contributed by atoms with Crippen molar-refractivity contribution in [3.63, 3.8) is 0 Å². The number of carbonyl (C=O) groups excluding carboxylic acids is 2. The summed E-state index contributed by atoms with van der Waals surface area (Å²) in [5.41, 5.74) is 2.41. The maximum Gasteiger partial charge on any atom is 0.528 e. The van der Waals surface area contributed by atoms with Crippen LogP contribution >= 0.6 is 0 Å². The van der Waals surface area contributed by atoms with Crippen LogP contribution in [-0.4, -0.2) is 35.4 Å². The Bertz CT molecular complexity index is 992. The van der Waals surface area contributed by atoms with Crippen LogP contribution in [-0.2, 0) is 38.7 Å². The van der Waals surface area contributed by atoms with Crippen LogP contribution in [0.4, 0.5) is 4.79 Å². The lowest BCUT2D eigenvalue weighted by atomic mass is 10.0. The number of rotatable bonds is 9. The fourth-order valence-electron chi connectivity index (χ4n) is 3.10. The van der Waals surface area contributed by atoms with E-state index < -0.39 is 18.2 Å². The summed E-state index contributed by atoms with van der Waals surface area (Å²) in [5, 5.41) is 10.8. The molecule has 0 aromatic heterocycles. The van der Waals surface area contributed by atoms with Gasteiger partial charge in [-0.05, 0) is 28.8 Å². The summed E-state index contributed by atoms with van der Waals surface area (Å²) in [4.78, 5) is 30.6. The molecule has 3 aromatic carbocycles. The molecule has 0 bridgehead atoms. The third-order valence-electron chi connectivity index (χ3n) is 4.76. The molecule has 0 saturated heterocycles. The molecule has 0 fully saturated rings. The topological polar surface area (TPSA) is 85.3 Å². The predicted octanol–water partition coefficient (Wildman–Crippen LogP) is 4.25. The number of phenols is 1. The van der Waals surface area contributed by atoms with E-state index in [9.17, 15) is 14.7 Å². The van der Waals surface area contributed by atoms with Gasteiger partial charge in [-0.3, -0.25) is 4.79 Å². The van der Waals surface area contributed by atoms with Gasteiger partial charge in [-0.1, -0.05) is 72.8 Å². The molecule has 0 aliphatic carbocycles. The van der Waals surface area contributed by atoms with Crippen LogP contribution in [0.1, 0.15) is 16.7 Å². The van der Waals surface area contributed by atoms with Crippen molar-refractivity contribution in [3.8, 4) is 5.75 Å². The summed E-state index contributed by atoms with van der Waals surface area (Å²) in [5.74, 6) is -0.449. The van der Waals surface area contributed by atoms with Crippen molar-refractivity contribution in [2.45, 2.75) is 25.6 Å². The number of benzene rings is 3. The summed E-state index contributed by atoms with van der Waals surface area (Å²) in [6, 6.07) is 24.0. The molecule has 166 valence electrons. The number of esters is 1. The van der Waals surface area contributed by atoms with Crippen molar-refractivity contribution in [1.29, 1.82) is 0 Å². The molecule has 1 atom stereocenters. The standard InChI is InChI=1S/C25H25NO6/c1-30-24(28)23(16-19-12-14-22(27)15-13-19)26(17-20-8-4-2-5-9-20)32-25(29)31-18-21-10-6-3-7-11-21/h2-15,23,27H,16-18H2,1H3/t23-/m0/s1. The van der Waals surface area contributed by atoms with Crippen molar-refractivity contribution in [2.75, 3.05) is 7.11 Å². The summed E-state index contributed by atoms with van der Waals surface area (Å²) < 4.78 is 10.2. The van der Waals surface area contributed by atoms with Gasteiger partial charge in [-0.2, -0.15) is 0 Å². The lowest BCUT2D eigenvalue weighted by Crippen LogP contribution is -2.44. The molecular formula is C25H25NO6. The summed E-state index contributed by atoms with van der Waals surface area (Å²) >= 11 is 0. The number of phenolic OH excluding ortho intramolecular Hbond substituents is 1. The van der Waals surface area contributed by atoms with E-state index in [2.05, 4.69) is 0 Å². The van der Waals surface area contributed by atoms with Gasteiger partial charge >= 0.3 is 12.1 Å². The van der Waals surface area contributed by atoms with Crippen molar-refractivity contribution in [1.82, 2.24) is 5.06 Å². The van der Waals surface area contributed by atoms with E-state index in [0.717, 1.165) is 16.7 Å². The number of carbonyl (C=O) groups is 2. The molecule has 3 rings (SSSR count). The van der Waals surface area contributed by atoms with Crippen LogP contribution in [0.5, 0.6) is 5.75 Å². The Labute approximate surface area is 186 Å². The van der Waals surface area contributed by atoms with Gasteiger partial charge in [-0.15, -0.1) is 5.06 Å². The second kappa shape index (κ2) is 11.5. The fraction of sp³-hybridized carbons (Fsp3) is 0.200. The minimum atomic E-state index is -0.926. The van der Waals surface area contributed by atoms with Gasteiger partial charge in [0.25, 0.3) is 0 Å². The zero-order chi connectivity index (χ0) is 22.8. The molecule has 0 saturated carbocycles. The van der Waals surface area contributed by atoms with Crippen molar-refractivity contribution in [3.05, 3.63) is 102 Å². The minimum Gasteiger partial charge on any atom is -0.508 e. The van der Waals surface area contributed by atoms with Gasteiger partial charge < -0.3 is 19.4 Å². The molecule has 7 heteroatoms. The number of nitrogens with zero attached hydrogens (tertiary/aromatic N) is 1. The maximum atomic E-state index is 12.6. The monoisotopic (exact) mass is 435 g/mol. The van der Waals surface area contributed by atoms with Gasteiger partial charge in [-0.25, -0.2) is 4.79 Å². The van der Waals surface area contributed by atoms with Crippen LogP contribution in [0.2, 0.25) is 0 Å². The molecule has 0 unspecified atom stereocenters. The first-order chi connectivity index (χ1) is 15.5. The molecular weight excluding hydrogens is 410 g/mol. The smallest absolute Gasteiger partial charge is 0.508 e. The Morgan fingerprint density at radius 3 is 2.03 bits per heavy atom. The number of ether oxygens (including phenoxy) is 2. The molecule has 0 spiro atoms. The largest absolute Gasteiger partial charge is 0.528 e.